The Balaban J connectivity index is 2.10. The molecule has 4 N–H and O–H groups in total. The molecular weight excluding hydrogens is 216 g/mol. The lowest BCUT2D eigenvalue weighted by atomic mass is 10.0. The first-order valence-electron chi connectivity index (χ1n) is 6.09. The SMILES string of the molecule is CC(c1cc(O)cc(O)c1)N1CCC(N)CC1. The highest BCUT2D eigenvalue weighted by atomic mass is 16.3. The number of hydrogen-bond donors (Lipinski definition) is 3. The van der Waals surface area contributed by atoms with E-state index in [0.717, 1.165) is 31.5 Å². The van der Waals surface area contributed by atoms with Gasteiger partial charge >= 0.3 is 0 Å². The third-order valence-electron chi connectivity index (χ3n) is 3.53. The molecule has 2 rings (SSSR count). The highest BCUT2D eigenvalue weighted by molar-refractivity contribution is 5.38. The van der Waals surface area contributed by atoms with Crippen molar-refractivity contribution in [3.05, 3.63) is 23.8 Å². The van der Waals surface area contributed by atoms with Gasteiger partial charge in [0.15, 0.2) is 0 Å². The molecule has 1 aliphatic heterocycles. The van der Waals surface area contributed by atoms with Crippen LogP contribution in [0.2, 0.25) is 0 Å². The van der Waals surface area contributed by atoms with E-state index in [1.165, 1.54) is 6.07 Å². The van der Waals surface area contributed by atoms with E-state index in [1.54, 1.807) is 12.1 Å². The average Bonchev–Trinajstić information content (AvgIpc) is 2.28. The predicted octanol–water partition coefficient (Wildman–Crippen LogP) is 1.58. The molecule has 1 aromatic carbocycles. The number of likely N-dealkylation sites (tertiary alicyclic amines) is 1. The Hall–Kier alpha value is -1.26. The summed E-state index contributed by atoms with van der Waals surface area (Å²) in [5.74, 6) is 0.223. The second kappa shape index (κ2) is 4.94. The largest absolute Gasteiger partial charge is 0.508 e. The van der Waals surface area contributed by atoms with Crippen LogP contribution in [-0.4, -0.2) is 34.2 Å². The Kier molecular flexibility index (Phi) is 3.54. The van der Waals surface area contributed by atoms with Gasteiger partial charge in [-0.2, -0.15) is 0 Å². The molecule has 4 nitrogen and oxygen atoms in total. The Morgan fingerprint density at radius 1 is 1.18 bits per heavy atom. The maximum absolute atomic E-state index is 9.48. The zero-order valence-corrected chi connectivity index (χ0v) is 10.1. The summed E-state index contributed by atoms with van der Waals surface area (Å²) >= 11 is 0. The zero-order valence-electron chi connectivity index (χ0n) is 10.1. The zero-order chi connectivity index (χ0) is 12.4. The molecule has 0 aromatic heterocycles. The number of aromatic hydroxyl groups is 2. The van der Waals surface area contributed by atoms with Crippen molar-refractivity contribution < 1.29 is 10.2 Å². The molecule has 0 radical (unpaired) electrons. The molecule has 17 heavy (non-hydrogen) atoms. The lowest BCUT2D eigenvalue weighted by Gasteiger charge is -2.35. The molecule has 1 fully saturated rings. The Morgan fingerprint density at radius 3 is 2.24 bits per heavy atom. The molecule has 1 saturated heterocycles. The van der Waals surface area contributed by atoms with Crippen LogP contribution < -0.4 is 5.73 Å². The molecule has 1 atom stereocenters. The van der Waals surface area contributed by atoms with Gasteiger partial charge in [-0.15, -0.1) is 0 Å². The smallest absolute Gasteiger partial charge is 0.119 e. The number of rotatable bonds is 2. The lowest BCUT2D eigenvalue weighted by molar-refractivity contribution is 0.163. The number of nitrogens with zero attached hydrogens (tertiary/aromatic N) is 1. The molecule has 1 unspecified atom stereocenters. The molecule has 0 aliphatic carbocycles. The summed E-state index contributed by atoms with van der Waals surface area (Å²) < 4.78 is 0. The van der Waals surface area contributed by atoms with Gasteiger partial charge in [0.25, 0.3) is 0 Å². The number of hydrogen-bond acceptors (Lipinski definition) is 4. The summed E-state index contributed by atoms with van der Waals surface area (Å²) in [6.45, 7) is 4.03. The van der Waals surface area contributed by atoms with Gasteiger partial charge in [0, 0.05) is 31.2 Å². The standard InChI is InChI=1S/C13H20N2O2/c1-9(15-4-2-11(14)3-5-15)10-6-12(16)8-13(17)7-10/h6-9,11,16-17H,2-5,14H2,1H3. The highest BCUT2D eigenvalue weighted by Crippen LogP contribution is 2.29. The Bertz CT molecular complexity index is 367. The van der Waals surface area contributed by atoms with Gasteiger partial charge in [-0.3, -0.25) is 4.90 Å². The fourth-order valence-corrected chi connectivity index (χ4v) is 2.38. The summed E-state index contributed by atoms with van der Waals surface area (Å²) in [7, 11) is 0. The predicted molar refractivity (Wildman–Crippen MR) is 67.0 cm³/mol. The minimum atomic E-state index is 0.112. The third-order valence-corrected chi connectivity index (χ3v) is 3.53. The van der Waals surface area contributed by atoms with E-state index < -0.39 is 0 Å². The second-order valence-corrected chi connectivity index (χ2v) is 4.83. The van der Waals surface area contributed by atoms with Crippen molar-refractivity contribution in [3.63, 3.8) is 0 Å². The minimum absolute atomic E-state index is 0.112. The van der Waals surface area contributed by atoms with Crippen molar-refractivity contribution in [1.82, 2.24) is 4.90 Å². The number of piperidine rings is 1. The minimum Gasteiger partial charge on any atom is -0.508 e. The molecule has 0 amide bonds. The molecular formula is C13H20N2O2. The summed E-state index contributed by atoms with van der Waals surface area (Å²) in [5.41, 5.74) is 6.82. The van der Waals surface area contributed by atoms with Crippen LogP contribution in [-0.2, 0) is 0 Å². The van der Waals surface area contributed by atoms with Crippen molar-refractivity contribution in [3.8, 4) is 11.5 Å². The average molecular weight is 236 g/mol. The lowest BCUT2D eigenvalue weighted by Crippen LogP contribution is -2.40. The Morgan fingerprint density at radius 2 is 1.71 bits per heavy atom. The second-order valence-electron chi connectivity index (χ2n) is 4.83. The molecule has 1 aliphatic rings. The molecule has 0 saturated carbocycles. The first-order chi connectivity index (χ1) is 8.06. The number of nitrogens with two attached hydrogens (primary N) is 1. The maximum atomic E-state index is 9.48. The van der Waals surface area contributed by atoms with Crippen LogP contribution in [0.5, 0.6) is 11.5 Å². The summed E-state index contributed by atoms with van der Waals surface area (Å²) in [6, 6.07) is 5.27. The molecule has 4 heteroatoms. The van der Waals surface area contributed by atoms with E-state index in [-0.39, 0.29) is 17.5 Å². The topological polar surface area (TPSA) is 69.7 Å². The molecule has 1 aromatic rings. The summed E-state index contributed by atoms with van der Waals surface area (Å²) in [6.07, 6.45) is 2.02. The first-order valence-corrected chi connectivity index (χ1v) is 6.09. The van der Waals surface area contributed by atoms with E-state index in [2.05, 4.69) is 11.8 Å². The van der Waals surface area contributed by atoms with E-state index in [0.29, 0.717) is 6.04 Å². The van der Waals surface area contributed by atoms with Gasteiger partial charge < -0.3 is 15.9 Å². The van der Waals surface area contributed by atoms with Crippen molar-refractivity contribution in [2.45, 2.75) is 31.8 Å². The van der Waals surface area contributed by atoms with Crippen LogP contribution in [0.25, 0.3) is 0 Å². The van der Waals surface area contributed by atoms with Crippen LogP contribution in [0.15, 0.2) is 18.2 Å². The maximum Gasteiger partial charge on any atom is 0.119 e. The quantitative estimate of drug-likeness (QED) is 0.729. The van der Waals surface area contributed by atoms with Crippen LogP contribution in [0, 0.1) is 0 Å². The van der Waals surface area contributed by atoms with Gasteiger partial charge in [-0.1, -0.05) is 0 Å². The number of phenolic OH excluding ortho intramolecular Hbond substituents is 2. The monoisotopic (exact) mass is 236 g/mol. The normalized spacial score (nSPS) is 20.4. The van der Waals surface area contributed by atoms with Crippen molar-refractivity contribution in [2.24, 2.45) is 5.73 Å². The first kappa shape index (κ1) is 12.2. The van der Waals surface area contributed by atoms with E-state index >= 15 is 0 Å². The molecule has 0 bridgehead atoms. The van der Waals surface area contributed by atoms with Crippen molar-refractivity contribution in [2.75, 3.05) is 13.1 Å². The summed E-state index contributed by atoms with van der Waals surface area (Å²) in [4.78, 5) is 2.33. The fraction of sp³-hybridized carbons (Fsp3) is 0.538. The van der Waals surface area contributed by atoms with Crippen molar-refractivity contribution >= 4 is 0 Å². The van der Waals surface area contributed by atoms with E-state index in [4.69, 9.17) is 5.73 Å². The Labute approximate surface area is 102 Å². The van der Waals surface area contributed by atoms with E-state index in [9.17, 15) is 10.2 Å². The number of phenols is 2. The molecule has 94 valence electrons. The van der Waals surface area contributed by atoms with Gasteiger partial charge in [0.1, 0.15) is 11.5 Å². The van der Waals surface area contributed by atoms with Crippen LogP contribution in [0.1, 0.15) is 31.4 Å². The van der Waals surface area contributed by atoms with E-state index in [1.807, 2.05) is 0 Å². The number of benzene rings is 1. The van der Waals surface area contributed by atoms with Gasteiger partial charge in [0.2, 0.25) is 0 Å². The highest BCUT2D eigenvalue weighted by Gasteiger charge is 2.22. The van der Waals surface area contributed by atoms with Gasteiger partial charge in [0.05, 0.1) is 0 Å². The van der Waals surface area contributed by atoms with Crippen LogP contribution in [0.3, 0.4) is 0 Å². The van der Waals surface area contributed by atoms with Crippen molar-refractivity contribution in [1.29, 1.82) is 0 Å². The van der Waals surface area contributed by atoms with Crippen LogP contribution in [0.4, 0.5) is 0 Å². The van der Waals surface area contributed by atoms with Crippen LogP contribution >= 0.6 is 0 Å². The summed E-state index contributed by atoms with van der Waals surface area (Å²) in [5, 5.41) is 19.0. The molecule has 1 heterocycles. The third kappa shape index (κ3) is 2.90. The fourth-order valence-electron chi connectivity index (χ4n) is 2.38. The van der Waals surface area contributed by atoms with Gasteiger partial charge in [-0.25, -0.2) is 0 Å². The molecule has 0 spiro atoms. The van der Waals surface area contributed by atoms with Gasteiger partial charge in [-0.05, 0) is 37.5 Å².